The molecule has 0 fully saturated rings. The SMILES string of the molecule is CC(C)(C)c1ccc(C(=O)Nc2ccccc2CN)cc1. The van der Waals surface area contributed by atoms with E-state index in [0.29, 0.717) is 12.1 Å². The van der Waals surface area contributed by atoms with Gasteiger partial charge < -0.3 is 11.1 Å². The molecule has 21 heavy (non-hydrogen) atoms. The lowest BCUT2D eigenvalue weighted by atomic mass is 9.87. The molecule has 0 atom stereocenters. The molecule has 1 amide bonds. The summed E-state index contributed by atoms with van der Waals surface area (Å²) in [5.41, 5.74) is 9.32. The highest BCUT2D eigenvalue weighted by Gasteiger charge is 2.14. The third-order valence-electron chi connectivity index (χ3n) is 3.50. The van der Waals surface area contributed by atoms with Gasteiger partial charge in [-0.3, -0.25) is 4.79 Å². The van der Waals surface area contributed by atoms with Gasteiger partial charge in [-0.15, -0.1) is 0 Å². The molecule has 0 aliphatic carbocycles. The Labute approximate surface area is 126 Å². The van der Waals surface area contributed by atoms with Gasteiger partial charge in [-0.1, -0.05) is 51.1 Å². The highest BCUT2D eigenvalue weighted by atomic mass is 16.1. The lowest BCUT2D eigenvalue weighted by molar-refractivity contribution is 0.102. The Kier molecular flexibility index (Phi) is 4.43. The molecule has 0 unspecified atom stereocenters. The van der Waals surface area contributed by atoms with Crippen LogP contribution in [0.25, 0.3) is 0 Å². The van der Waals surface area contributed by atoms with E-state index in [0.717, 1.165) is 11.3 Å². The quantitative estimate of drug-likeness (QED) is 0.902. The van der Waals surface area contributed by atoms with E-state index in [1.54, 1.807) is 0 Å². The van der Waals surface area contributed by atoms with Crippen LogP contribution >= 0.6 is 0 Å². The predicted molar refractivity (Wildman–Crippen MR) is 87.4 cm³/mol. The van der Waals surface area contributed by atoms with Crippen molar-refractivity contribution in [2.45, 2.75) is 32.7 Å². The minimum atomic E-state index is -0.114. The van der Waals surface area contributed by atoms with Gasteiger partial charge in [-0.05, 0) is 34.7 Å². The van der Waals surface area contributed by atoms with Gasteiger partial charge in [0.25, 0.3) is 5.91 Å². The molecule has 3 N–H and O–H groups in total. The maximum Gasteiger partial charge on any atom is 0.255 e. The van der Waals surface area contributed by atoms with Crippen LogP contribution in [0.4, 0.5) is 5.69 Å². The molecule has 0 heterocycles. The summed E-state index contributed by atoms with van der Waals surface area (Å²) < 4.78 is 0. The number of rotatable bonds is 3. The first-order valence-electron chi connectivity index (χ1n) is 7.11. The molecule has 0 saturated heterocycles. The second kappa shape index (κ2) is 6.10. The molecule has 0 aliphatic rings. The minimum Gasteiger partial charge on any atom is -0.326 e. The van der Waals surface area contributed by atoms with Crippen molar-refractivity contribution in [1.82, 2.24) is 0 Å². The Bertz CT molecular complexity index is 624. The largest absolute Gasteiger partial charge is 0.326 e. The molecular formula is C18H22N2O. The second-order valence-corrected chi connectivity index (χ2v) is 6.14. The van der Waals surface area contributed by atoms with Gasteiger partial charge in [0, 0.05) is 17.8 Å². The Morgan fingerprint density at radius 2 is 1.67 bits per heavy atom. The Morgan fingerprint density at radius 3 is 2.24 bits per heavy atom. The Hall–Kier alpha value is -2.13. The van der Waals surface area contributed by atoms with Gasteiger partial charge >= 0.3 is 0 Å². The van der Waals surface area contributed by atoms with Gasteiger partial charge in [0.15, 0.2) is 0 Å². The molecule has 2 aromatic rings. The molecule has 0 bridgehead atoms. The zero-order valence-corrected chi connectivity index (χ0v) is 12.8. The van der Waals surface area contributed by atoms with E-state index >= 15 is 0 Å². The number of hydrogen-bond acceptors (Lipinski definition) is 2. The van der Waals surface area contributed by atoms with Crippen molar-refractivity contribution >= 4 is 11.6 Å². The highest BCUT2D eigenvalue weighted by Crippen LogP contribution is 2.22. The van der Waals surface area contributed by atoms with Crippen LogP contribution in [0.3, 0.4) is 0 Å². The van der Waals surface area contributed by atoms with Crippen molar-refractivity contribution < 1.29 is 4.79 Å². The van der Waals surface area contributed by atoms with Crippen LogP contribution < -0.4 is 11.1 Å². The van der Waals surface area contributed by atoms with E-state index < -0.39 is 0 Å². The fourth-order valence-corrected chi connectivity index (χ4v) is 2.14. The zero-order valence-electron chi connectivity index (χ0n) is 12.8. The highest BCUT2D eigenvalue weighted by molar-refractivity contribution is 6.04. The standard InChI is InChI=1S/C18H22N2O/c1-18(2,3)15-10-8-13(9-11-15)17(21)20-16-7-5-4-6-14(16)12-19/h4-11H,12,19H2,1-3H3,(H,20,21). The summed E-state index contributed by atoms with van der Waals surface area (Å²) >= 11 is 0. The van der Waals surface area contributed by atoms with Crippen LogP contribution in [-0.4, -0.2) is 5.91 Å². The number of hydrogen-bond donors (Lipinski definition) is 2. The number of para-hydroxylation sites is 1. The first kappa shape index (κ1) is 15.3. The molecule has 3 nitrogen and oxygen atoms in total. The molecule has 0 radical (unpaired) electrons. The van der Waals surface area contributed by atoms with E-state index in [-0.39, 0.29) is 11.3 Å². The maximum absolute atomic E-state index is 12.3. The average molecular weight is 282 g/mol. The average Bonchev–Trinajstić information content (AvgIpc) is 2.47. The predicted octanol–water partition coefficient (Wildman–Crippen LogP) is 3.70. The molecule has 0 spiro atoms. The van der Waals surface area contributed by atoms with Gasteiger partial charge in [-0.25, -0.2) is 0 Å². The topological polar surface area (TPSA) is 55.1 Å². The summed E-state index contributed by atoms with van der Waals surface area (Å²) in [5, 5.41) is 2.92. The number of carbonyl (C=O) groups is 1. The minimum absolute atomic E-state index is 0.0845. The molecule has 3 heteroatoms. The van der Waals surface area contributed by atoms with Crippen molar-refractivity contribution in [3.63, 3.8) is 0 Å². The summed E-state index contributed by atoms with van der Waals surface area (Å²) in [6.45, 7) is 6.86. The third kappa shape index (κ3) is 3.70. The number of anilines is 1. The number of amides is 1. The molecular weight excluding hydrogens is 260 g/mol. The van der Waals surface area contributed by atoms with Crippen LogP contribution in [0.1, 0.15) is 42.3 Å². The summed E-state index contributed by atoms with van der Waals surface area (Å²) in [7, 11) is 0. The molecule has 0 aromatic heterocycles. The number of benzene rings is 2. The van der Waals surface area contributed by atoms with Crippen molar-refractivity contribution in [1.29, 1.82) is 0 Å². The third-order valence-corrected chi connectivity index (χ3v) is 3.50. The smallest absolute Gasteiger partial charge is 0.255 e. The molecule has 0 aliphatic heterocycles. The molecule has 110 valence electrons. The fourth-order valence-electron chi connectivity index (χ4n) is 2.14. The summed E-state index contributed by atoms with van der Waals surface area (Å²) in [5.74, 6) is -0.114. The zero-order chi connectivity index (χ0) is 15.5. The van der Waals surface area contributed by atoms with E-state index in [1.807, 2.05) is 48.5 Å². The lowest BCUT2D eigenvalue weighted by Crippen LogP contribution is -2.15. The summed E-state index contributed by atoms with van der Waals surface area (Å²) in [4.78, 5) is 12.3. The van der Waals surface area contributed by atoms with E-state index in [2.05, 4.69) is 26.1 Å². The summed E-state index contributed by atoms with van der Waals surface area (Å²) in [6, 6.07) is 15.3. The van der Waals surface area contributed by atoms with Crippen molar-refractivity contribution in [3.05, 3.63) is 65.2 Å². The van der Waals surface area contributed by atoms with Crippen LogP contribution in [0, 0.1) is 0 Å². The van der Waals surface area contributed by atoms with Crippen molar-refractivity contribution in [3.8, 4) is 0 Å². The van der Waals surface area contributed by atoms with Crippen LogP contribution in [0.15, 0.2) is 48.5 Å². The first-order valence-corrected chi connectivity index (χ1v) is 7.11. The van der Waals surface area contributed by atoms with Gasteiger partial charge in [0.2, 0.25) is 0 Å². The monoisotopic (exact) mass is 282 g/mol. The normalized spacial score (nSPS) is 11.2. The van der Waals surface area contributed by atoms with Crippen LogP contribution in [-0.2, 0) is 12.0 Å². The fraction of sp³-hybridized carbons (Fsp3) is 0.278. The van der Waals surface area contributed by atoms with Crippen molar-refractivity contribution in [2.24, 2.45) is 5.73 Å². The number of carbonyl (C=O) groups excluding carboxylic acids is 1. The summed E-state index contributed by atoms with van der Waals surface area (Å²) in [6.07, 6.45) is 0. The van der Waals surface area contributed by atoms with Crippen molar-refractivity contribution in [2.75, 3.05) is 5.32 Å². The first-order chi connectivity index (χ1) is 9.91. The maximum atomic E-state index is 12.3. The lowest BCUT2D eigenvalue weighted by Gasteiger charge is -2.19. The van der Waals surface area contributed by atoms with Crippen LogP contribution in [0.5, 0.6) is 0 Å². The van der Waals surface area contributed by atoms with E-state index in [1.165, 1.54) is 5.56 Å². The van der Waals surface area contributed by atoms with E-state index in [9.17, 15) is 4.79 Å². The van der Waals surface area contributed by atoms with Gasteiger partial charge in [-0.2, -0.15) is 0 Å². The molecule has 2 rings (SSSR count). The van der Waals surface area contributed by atoms with Crippen LogP contribution in [0.2, 0.25) is 0 Å². The molecule has 2 aromatic carbocycles. The Balaban J connectivity index is 2.17. The number of nitrogens with two attached hydrogens (primary N) is 1. The van der Waals surface area contributed by atoms with Gasteiger partial charge in [0.05, 0.1) is 0 Å². The van der Waals surface area contributed by atoms with E-state index in [4.69, 9.17) is 5.73 Å². The van der Waals surface area contributed by atoms with Gasteiger partial charge in [0.1, 0.15) is 0 Å². The molecule has 0 saturated carbocycles. The number of nitrogens with one attached hydrogen (secondary N) is 1. The Morgan fingerprint density at radius 1 is 1.05 bits per heavy atom. The second-order valence-electron chi connectivity index (χ2n) is 6.14.